The molecule has 0 fully saturated rings. The summed E-state index contributed by atoms with van der Waals surface area (Å²) < 4.78 is 7.50. The van der Waals surface area contributed by atoms with E-state index >= 15 is 0 Å². The normalized spacial score (nSPS) is 10.3. The van der Waals surface area contributed by atoms with Crippen LogP contribution >= 0.6 is 7.92 Å². The van der Waals surface area contributed by atoms with E-state index in [1.54, 1.807) is 24.5 Å². The average molecular weight is 792 g/mol. The van der Waals surface area contributed by atoms with Gasteiger partial charge in [-0.2, -0.15) is 5.10 Å². The molecular formula is C41H33N5O2PRuS. The maximum atomic E-state index is 9.82. The van der Waals surface area contributed by atoms with Crippen LogP contribution in [0.1, 0.15) is 5.69 Å². The Morgan fingerprint density at radius 3 is 1.61 bits per heavy atom. The number of phenols is 1. The van der Waals surface area contributed by atoms with Crippen LogP contribution in [0.4, 0.5) is 5.69 Å². The molecule has 1 radical (unpaired) electrons. The zero-order valence-corrected chi connectivity index (χ0v) is 30.7. The minimum absolute atomic E-state index is 0. The maximum Gasteiger partial charge on any atom is 1.00 e. The molecule has 0 atom stereocenters. The van der Waals surface area contributed by atoms with Crippen LogP contribution in [-0.4, -0.2) is 26.5 Å². The second-order valence-corrected chi connectivity index (χ2v) is 12.7. The number of phenolic OH excluding ortho intramolecular Hbond substituents is 1. The van der Waals surface area contributed by atoms with Gasteiger partial charge in [0.05, 0.1) is 17.6 Å². The summed E-state index contributed by atoms with van der Waals surface area (Å²) >= 11 is 5.10. The van der Waals surface area contributed by atoms with Crippen LogP contribution in [0.2, 0.25) is 0 Å². The van der Waals surface area contributed by atoms with Gasteiger partial charge in [-0.15, -0.1) is 0 Å². The number of benzene rings is 5. The Hall–Kier alpha value is -5.39. The summed E-state index contributed by atoms with van der Waals surface area (Å²) in [6.07, 6.45) is 5.03. The minimum atomic E-state index is -0.446. The fraction of sp³-hybridized carbons (Fsp3) is 0. The molecule has 5 aromatic carbocycles. The van der Waals surface area contributed by atoms with E-state index in [1.165, 1.54) is 22.1 Å². The van der Waals surface area contributed by atoms with Crippen LogP contribution in [0.5, 0.6) is 5.75 Å². The number of hydrazone groups is 1. The molecule has 2 N–H and O–H groups in total. The van der Waals surface area contributed by atoms with Crippen molar-refractivity contribution in [2.75, 3.05) is 0 Å². The van der Waals surface area contributed by atoms with Gasteiger partial charge in [0.15, 0.2) is 0 Å². The largest absolute Gasteiger partial charge is 1.00 e. The predicted octanol–water partition coefficient (Wildman–Crippen LogP) is 7.58. The summed E-state index contributed by atoms with van der Waals surface area (Å²) in [7, 11) is -0.446. The molecule has 10 heteroatoms. The molecule has 2 aromatic heterocycles. The first kappa shape index (κ1) is 40.0. The zero-order valence-electron chi connectivity index (χ0n) is 27.3. The van der Waals surface area contributed by atoms with E-state index in [9.17, 15) is 5.11 Å². The van der Waals surface area contributed by atoms with Crippen molar-refractivity contribution < 1.29 is 29.2 Å². The van der Waals surface area contributed by atoms with Crippen molar-refractivity contribution in [1.29, 1.82) is 0 Å². The van der Waals surface area contributed by atoms with E-state index < -0.39 is 7.92 Å². The molecule has 253 valence electrons. The fourth-order valence-electron chi connectivity index (χ4n) is 4.51. The number of aromatic nitrogens is 2. The number of hydrogen-bond acceptors (Lipinski definition) is 6. The van der Waals surface area contributed by atoms with Gasteiger partial charge in [-0.25, -0.2) is 4.98 Å². The van der Waals surface area contributed by atoms with Crippen molar-refractivity contribution in [3.05, 3.63) is 195 Å². The van der Waals surface area contributed by atoms with Crippen molar-refractivity contribution in [2.24, 2.45) is 10.1 Å². The Labute approximate surface area is 317 Å². The quantitative estimate of drug-likeness (QED) is 0.0264. The molecule has 0 amide bonds. The number of pyridine rings is 2. The third-order valence-corrected chi connectivity index (χ3v) is 9.30. The number of hydrogen-bond donors (Lipinski definition) is 2. The predicted molar refractivity (Wildman–Crippen MR) is 208 cm³/mol. The number of nitrogens with zero attached hydrogens (tertiary/aromatic N) is 4. The van der Waals surface area contributed by atoms with E-state index in [-0.39, 0.29) is 30.4 Å². The van der Waals surface area contributed by atoms with E-state index in [4.69, 9.17) is 17.3 Å². The second kappa shape index (κ2) is 23.1. The van der Waals surface area contributed by atoms with Gasteiger partial charge in [0.25, 0.3) is 0 Å². The molecule has 0 saturated carbocycles. The molecule has 0 aliphatic heterocycles. The van der Waals surface area contributed by atoms with Gasteiger partial charge in [0.2, 0.25) is 0 Å². The van der Waals surface area contributed by atoms with Crippen LogP contribution in [0.3, 0.4) is 0 Å². The van der Waals surface area contributed by atoms with E-state index in [0.29, 0.717) is 11.2 Å². The molecule has 7 aromatic rings. The van der Waals surface area contributed by atoms with Crippen molar-refractivity contribution in [2.45, 2.75) is 0 Å². The summed E-state index contributed by atoms with van der Waals surface area (Å²) in [6.45, 7) is 4.50. The van der Waals surface area contributed by atoms with E-state index in [1.807, 2.05) is 66.7 Å². The third-order valence-electron chi connectivity index (χ3n) is 6.67. The third kappa shape index (κ3) is 13.4. The number of rotatable bonds is 6. The molecular weight excluding hydrogens is 759 g/mol. The molecule has 0 aliphatic rings. The van der Waals surface area contributed by atoms with Crippen LogP contribution < -0.4 is 21.3 Å². The molecule has 0 unspecified atom stereocenters. The Bertz CT molecular complexity index is 1950. The Balaban J connectivity index is 0.000000226. The number of aromatic hydroxyl groups is 1. The number of para-hydroxylation sites is 2. The van der Waals surface area contributed by atoms with E-state index in [2.05, 4.69) is 123 Å². The van der Waals surface area contributed by atoms with Gasteiger partial charge in [-0.1, -0.05) is 133 Å². The molecule has 7 rings (SSSR count). The Morgan fingerprint density at radius 1 is 0.647 bits per heavy atom. The van der Waals surface area contributed by atoms with Crippen LogP contribution in [-0.2, 0) is 36.8 Å². The summed E-state index contributed by atoms with van der Waals surface area (Å²) in [5.74, 6) is 0.139. The summed E-state index contributed by atoms with van der Waals surface area (Å²) in [5.41, 5.74) is 4.57. The first-order chi connectivity index (χ1) is 24.7. The molecule has 0 bridgehead atoms. The molecule has 51 heavy (non-hydrogen) atoms. The van der Waals surface area contributed by atoms with Gasteiger partial charge in [0.1, 0.15) is 11.3 Å². The summed E-state index contributed by atoms with van der Waals surface area (Å²) in [5, 5.41) is 19.2. The van der Waals surface area contributed by atoms with Crippen molar-refractivity contribution >= 4 is 64.4 Å². The first-order valence-electron chi connectivity index (χ1n) is 15.4. The first-order valence-corrected chi connectivity index (χ1v) is 17.1. The Kier molecular flexibility index (Phi) is 18.1. The van der Waals surface area contributed by atoms with E-state index in [0.717, 1.165) is 11.1 Å². The smallest absolute Gasteiger partial charge is 0.265 e. The second-order valence-electron chi connectivity index (χ2n) is 10.1. The van der Waals surface area contributed by atoms with Crippen LogP contribution in [0.15, 0.2) is 192 Å². The van der Waals surface area contributed by atoms with Gasteiger partial charge in [-0.3, -0.25) is 15.4 Å². The number of amidine groups is 1. The summed E-state index contributed by atoms with van der Waals surface area (Å²) in [4.78, 5) is 12.3. The monoisotopic (exact) mass is 792 g/mol. The number of nitrogens with one attached hydrogen (secondary N) is 1. The molecule has 7 nitrogen and oxygen atoms in total. The Morgan fingerprint density at radius 2 is 1.14 bits per heavy atom. The zero-order chi connectivity index (χ0) is 35.2. The molecule has 0 aliphatic carbocycles. The molecule has 0 spiro atoms. The maximum absolute atomic E-state index is 9.82. The standard InChI is InChI=1S/C18H15P.C17H14N4OS.C5H5N.CO.Ru/c1-4-10-16(11-5-1)19(17-12-6-2-7-13-17)18-14-8-3-9-15-18;22-15-8-4-5-12-9-10-14(19-16(12)15)11-18-21-17(23)20-13-6-2-1-3-7-13;1-2-4-6-5-3-1;1-2;/h1-15H;1-11,22H,(H2,20,21,23);1-5H;;/q;;;;+1/p-1/b;18-11+;;;. The molecule has 0 saturated heterocycles. The van der Waals surface area contributed by atoms with Crippen molar-refractivity contribution in [3.8, 4) is 5.75 Å². The van der Waals surface area contributed by atoms with Gasteiger partial charge < -0.3 is 17.7 Å². The SMILES string of the molecule is Oc1cccc2ccc(/C=N/NC([S-])=Nc3ccccc3)nc12.[C-]#[O+].[Ru+].c1ccc(P(c2ccccc2)c2ccccc2)cc1.c1ccncc1. The van der Waals surface area contributed by atoms with Gasteiger partial charge in [-0.05, 0) is 60.2 Å². The van der Waals surface area contributed by atoms with Crippen LogP contribution in [0.25, 0.3) is 10.9 Å². The fourth-order valence-corrected chi connectivity index (χ4v) is 6.97. The summed E-state index contributed by atoms with van der Waals surface area (Å²) in [6, 6.07) is 56.4. The van der Waals surface area contributed by atoms with Crippen molar-refractivity contribution in [1.82, 2.24) is 15.4 Å². The van der Waals surface area contributed by atoms with Crippen LogP contribution in [0, 0.1) is 6.65 Å². The minimum Gasteiger partial charge on any atom is -0.265 e. The van der Waals surface area contributed by atoms with Gasteiger partial charge in [0, 0.05) is 22.9 Å². The topological polar surface area (TPSA) is 103 Å². The average Bonchev–Trinajstić information content (AvgIpc) is 3.19. The number of fused-ring (bicyclic) bond motifs is 1. The van der Waals surface area contributed by atoms with Gasteiger partial charge >= 0.3 is 30.8 Å². The van der Waals surface area contributed by atoms with Crippen molar-refractivity contribution in [3.63, 3.8) is 0 Å². The molecule has 2 heterocycles. The number of aliphatic imine (C=N–C) groups is 1.